The normalized spacial score (nSPS) is 16.1. The molecule has 0 saturated carbocycles. The first-order valence-corrected chi connectivity index (χ1v) is 11.4. The average molecular weight is 432 g/mol. The summed E-state index contributed by atoms with van der Waals surface area (Å²) in [6.45, 7) is 5.08. The van der Waals surface area contributed by atoms with Crippen LogP contribution in [-0.2, 0) is 0 Å². The number of hydrogen-bond acceptors (Lipinski definition) is 5. The van der Waals surface area contributed by atoms with Crippen molar-refractivity contribution in [2.75, 3.05) is 51.7 Å². The maximum absolute atomic E-state index is 10.6. The summed E-state index contributed by atoms with van der Waals surface area (Å²) in [5, 5.41) is 13.9. The van der Waals surface area contributed by atoms with Crippen molar-refractivity contribution in [1.82, 2.24) is 9.80 Å². The van der Waals surface area contributed by atoms with Crippen LogP contribution in [0.25, 0.3) is 0 Å². The molecule has 1 saturated heterocycles. The molecule has 1 atom stereocenters. The predicted molar refractivity (Wildman–Crippen MR) is 130 cm³/mol. The maximum Gasteiger partial charge on any atom is 0.119 e. The smallest absolute Gasteiger partial charge is 0.119 e. The third-order valence-electron chi connectivity index (χ3n) is 6.10. The minimum absolute atomic E-state index is 0.265. The van der Waals surface area contributed by atoms with E-state index in [1.54, 1.807) is 7.11 Å². The van der Waals surface area contributed by atoms with Crippen LogP contribution in [0.5, 0.6) is 5.75 Å². The van der Waals surface area contributed by atoms with Crippen LogP contribution in [0.1, 0.15) is 17.2 Å². The van der Waals surface area contributed by atoms with Gasteiger partial charge in [-0.1, -0.05) is 60.7 Å². The van der Waals surface area contributed by atoms with E-state index in [0.717, 1.165) is 37.6 Å². The van der Waals surface area contributed by atoms with Gasteiger partial charge in [0, 0.05) is 45.0 Å². The molecule has 0 amide bonds. The molecule has 32 heavy (non-hydrogen) atoms. The fraction of sp³-hybridized carbons (Fsp3) is 0.333. The molecule has 0 radical (unpaired) electrons. The molecule has 1 aliphatic rings. The molecule has 0 aromatic heterocycles. The molecule has 3 aromatic carbocycles. The molecule has 1 fully saturated rings. The average Bonchev–Trinajstić information content (AvgIpc) is 2.86. The lowest BCUT2D eigenvalue weighted by Gasteiger charge is -2.40. The van der Waals surface area contributed by atoms with Crippen LogP contribution in [0.4, 0.5) is 5.69 Å². The van der Waals surface area contributed by atoms with Gasteiger partial charge in [-0.2, -0.15) is 0 Å². The molecule has 5 heteroatoms. The number of nitrogens with zero attached hydrogens (tertiary/aromatic N) is 2. The number of hydrogen-bond donors (Lipinski definition) is 2. The predicted octanol–water partition coefficient (Wildman–Crippen LogP) is 3.88. The Morgan fingerprint density at radius 3 is 1.91 bits per heavy atom. The lowest BCUT2D eigenvalue weighted by molar-refractivity contribution is 0.0672. The number of β-amino-alcohol motifs (C(OH)–C–C–N with tert-alkyl or cyclic N) is 1. The van der Waals surface area contributed by atoms with E-state index in [9.17, 15) is 5.11 Å². The highest BCUT2D eigenvalue weighted by Crippen LogP contribution is 2.29. The zero-order chi connectivity index (χ0) is 22.2. The van der Waals surface area contributed by atoms with Gasteiger partial charge in [0.1, 0.15) is 5.75 Å². The number of nitrogens with one attached hydrogen (secondary N) is 1. The number of benzene rings is 3. The Morgan fingerprint density at radius 1 is 0.812 bits per heavy atom. The zero-order valence-electron chi connectivity index (χ0n) is 18.7. The summed E-state index contributed by atoms with van der Waals surface area (Å²) in [6, 6.07) is 29.6. The Hall–Kier alpha value is -2.86. The maximum atomic E-state index is 10.6. The van der Waals surface area contributed by atoms with Crippen LogP contribution in [0, 0.1) is 0 Å². The third-order valence-corrected chi connectivity index (χ3v) is 6.10. The first kappa shape index (κ1) is 22.3. The highest BCUT2D eigenvalue weighted by molar-refractivity contribution is 5.46. The molecule has 1 unspecified atom stereocenters. The van der Waals surface area contributed by atoms with E-state index in [-0.39, 0.29) is 6.04 Å². The second-order valence-electron chi connectivity index (χ2n) is 8.32. The van der Waals surface area contributed by atoms with E-state index in [1.807, 2.05) is 24.3 Å². The van der Waals surface area contributed by atoms with Crippen molar-refractivity contribution in [1.29, 1.82) is 0 Å². The second kappa shape index (κ2) is 11.1. The zero-order valence-corrected chi connectivity index (χ0v) is 18.7. The SMILES string of the molecule is COc1ccc(NCC(O)CN2CCN(C(c3ccccc3)c3ccccc3)CC2)cc1. The number of ether oxygens (including phenoxy) is 1. The van der Waals surface area contributed by atoms with Gasteiger partial charge in [0.05, 0.1) is 19.3 Å². The molecule has 1 heterocycles. The van der Waals surface area contributed by atoms with Crippen LogP contribution in [-0.4, -0.2) is 67.4 Å². The minimum atomic E-state index is -0.414. The molecule has 4 rings (SSSR count). The van der Waals surface area contributed by atoms with Gasteiger partial charge in [0.25, 0.3) is 0 Å². The summed E-state index contributed by atoms with van der Waals surface area (Å²) >= 11 is 0. The highest BCUT2D eigenvalue weighted by Gasteiger charge is 2.26. The van der Waals surface area contributed by atoms with Gasteiger partial charge in [0.2, 0.25) is 0 Å². The Bertz CT molecular complexity index is 887. The number of aliphatic hydroxyl groups excluding tert-OH is 1. The molecular weight excluding hydrogens is 398 g/mol. The summed E-state index contributed by atoms with van der Waals surface area (Å²) in [5.41, 5.74) is 3.65. The molecule has 5 nitrogen and oxygen atoms in total. The van der Waals surface area contributed by atoms with Gasteiger partial charge in [-0.15, -0.1) is 0 Å². The van der Waals surface area contributed by atoms with E-state index in [4.69, 9.17) is 4.74 Å². The van der Waals surface area contributed by atoms with Crippen LogP contribution in [0.15, 0.2) is 84.9 Å². The number of rotatable bonds is 9. The van der Waals surface area contributed by atoms with E-state index >= 15 is 0 Å². The Kier molecular flexibility index (Phi) is 7.77. The first-order chi connectivity index (χ1) is 15.7. The monoisotopic (exact) mass is 431 g/mol. The summed E-state index contributed by atoms with van der Waals surface area (Å²) in [7, 11) is 1.66. The van der Waals surface area contributed by atoms with Crippen LogP contribution >= 0.6 is 0 Å². The van der Waals surface area contributed by atoms with Crippen molar-refractivity contribution in [3.8, 4) is 5.75 Å². The number of aliphatic hydroxyl groups is 1. The summed E-state index contributed by atoms with van der Waals surface area (Å²) in [6.07, 6.45) is -0.414. The van der Waals surface area contributed by atoms with E-state index in [2.05, 4.69) is 75.8 Å². The standard InChI is InChI=1S/C27H33N3O2/c1-32-26-14-12-24(13-15-26)28-20-25(31)21-29-16-18-30(19-17-29)27(22-8-4-2-5-9-22)23-10-6-3-7-11-23/h2-15,25,27-28,31H,16-21H2,1H3. The largest absolute Gasteiger partial charge is 0.497 e. The Labute approximate surface area is 191 Å². The van der Waals surface area contributed by atoms with Crippen molar-refractivity contribution in [2.45, 2.75) is 12.1 Å². The van der Waals surface area contributed by atoms with Gasteiger partial charge in [0.15, 0.2) is 0 Å². The fourth-order valence-corrected chi connectivity index (χ4v) is 4.40. The quantitative estimate of drug-likeness (QED) is 0.539. The first-order valence-electron chi connectivity index (χ1n) is 11.4. The third kappa shape index (κ3) is 5.88. The second-order valence-corrected chi connectivity index (χ2v) is 8.32. The molecule has 168 valence electrons. The van der Waals surface area contributed by atoms with Gasteiger partial charge in [-0.25, -0.2) is 0 Å². The molecular formula is C27H33N3O2. The fourth-order valence-electron chi connectivity index (χ4n) is 4.40. The van der Waals surface area contributed by atoms with Gasteiger partial charge < -0.3 is 15.2 Å². The molecule has 0 spiro atoms. The van der Waals surface area contributed by atoms with Crippen molar-refractivity contribution < 1.29 is 9.84 Å². The highest BCUT2D eigenvalue weighted by atomic mass is 16.5. The lowest BCUT2D eigenvalue weighted by atomic mass is 9.96. The van der Waals surface area contributed by atoms with Gasteiger partial charge >= 0.3 is 0 Å². The minimum Gasteiger partial charge on any atom is -0.497 e. The lowest BCUT2D eigenvalue weighted by Crippen LogP contribution is -2.50. The Balaban J connectivity index is 1.30. The molecule has 2 N–H and O–H groups in total. The summed E-state index contributed by atoms with van der Waals surface area (Å²) in [4.78, 5) is 4.92. The van der Waals surface area contributed by atoms with Crippen molar-refractivity contribution in [3.63, 3.8) is 0 Å². The van der Waals surface area contributed by atoms with Crippen molar-refractivity contribution in [3.05, 3.63) is 96.1 Å². The van der Waals surface area contributed by atoms with E-state index in [0.29, 0.717) is 13.1 Å². The molecule has 3 aromatic rings. The van der Waals surface area contributed by atoms with Gasteiger partial charge in [-0.05, 0) is 35.4 Å². The summed E-state index contributed by atoms with van der Waals surface area (Å²) < 4.78 is 5.19. The van der Waals surface area contributed by atoms with Crippen LogP contribution < -0.4 is 10.1 Å². The van der Waals surface area contributed by atoms with E-state index in [1.165, 1.54) is 11.1 Å². The number of piperazine rings is 1. The van der Waals surface area contributed by atoms with Crippen molar-refractivity contribution in [2.24, 2.45) is 0 Å². The molecule has 0 bridgehead atoms. The number of methoxy groups -OCH3 is 1. The van der Waals surface area contributed by atoms with E-state index < -0.39 is 6.10 Å². The van der Waals surface area contributed by atoms with Crippen LogP contribution in [0.3, 0.4) is 0 Å². The number of anilines is 1. The van der Waals surface area contributed by atoms with Gasteiger partial charge in [-0.3, -0.25) is 9.80 Å². The Morgan fingerprint density at radius 2 is 1.38 bits per heavy atom. The molecule has 0 aliphatic carbocycles. The summed E-state index contributed by atoms with van der Waals surface area (Å²) in [5.74, 6) is 0.832. The van der Waals surface area contributed by atoms with Crippen LogP contribution in [0.2, 0.25) is 0 Å². The van der Waals surface area contributed by atoms with Crippen molar-refractivity contribution >= 4 is 5.69 Å². The molecule has 1 aliphatic heterocycles. The topological polar surface area (TPSA) is 48.0 Å².